The first-order valence-corrected chi connectivity index (χ1v) is 25.9. The lowest BCUT2D eigenvalue weighted by Crippen LogP contribution is -2.27. The van der Waals surface area contributed by atoms with Crippen molar-refractivity contribution in [3.8, 4) is 18.2 Å². The number of H-pyrrole nitrogens is 3. The van der Waals surface area contributed by atoms with Crippen LogP contribution in [0.1, 0.15) is 145 Å². The molecular formula is C68H74N6O3. The zero-order valence-electron chi connectivity index (χ0n) is 44.5. The number of benzene rings is 6. The topological polar surface area (TPSA) is 170 Å². The molecule has 0 aliphatic rings. The largest absolute Gasteiger partial charge is 0.322 e. The molecule has 9 aromatic rings. The van der Waals surface area contributed by atoms with Crippen LogP contribution in [0.25, 0.3) is 32.7 Å². The summed E-state index contributed by atoms with van der Waals surface area (Å²) in [7, 11) is 0. The minimum absolute atomic E-state index is 0. The Morgan fingerprint density at radius 3 is 0.831 bits per heavy atom. The highest BCUT2D eigenvalue weighted by atomic mass is 16.1. The van der Waals surface area contributed by atoms with E-state index in [0.717, 1.165) is 82.8 Å². The van der Waals surface area contributed by atoms with E-state index in [-0.39, 0.29) is 49.3 Å². The SMILES string of the molecule is C.C.CCc1cc2ccc(C(C)(C#N)C(C)c3ccccc3)cc2[nH]c1=O.CCc1cc2ccc([C@](C)(C#N)[C@@H](C)c3ccccc3)cc2[nH]c1=O.CCc1cc2ccc([C@](C)(C#N)[C@H](C)c3ccccc3)cc2[nH]c1=O. The Morgan fingerprint density at radius 2 is 0.623 bits per heavy atom. The molecule has 394 valence electrons. The number of nitriles is 3. The molecule has 9 heteroatoms. The summed E-state index contributed by atoms with van der Waals surface area (Å²) in [6.45, 7) is 18.0. The third-order valence-electron chi connectivity index (χ3n) is 15.9. The summed E-state index contributed by atoms with van der Waals surface area (Å²) in [6, 6.07) is 61.3. The van der Waals surface area contributed by atoms with Crippen LogP contribution in [0.3, 0.4) is 0 Å². The van der Waals surface area contributed by atoms with Crippen LogP contribution in [0.4, 0.5) is 0 Å². The van der Waals surface area contributed by atoms with Gasteiger partial charge in [-0.2, -0.15) is 15.8 Å². The molecule has 2 unspecified atom stereocenters. The number of aromatic amines is 3. The van der Waals surface area contributed by atoms with Gasteiger partial charge in [0.25, 0.3) is 16.7 Å². The summed E-state index contributed by atoms with van der Waals surface area (Å²) in [4.78, 5) is 45.3. The Kier molecular flexibility index (Phi) is 19.5. The van der Waals surface area contributed by atoms with Gasteiger partial charge in [0.15, 0.2) is 0 Å². The van der Waals surface area contributed by atoms with Crippen molar-refractivity contribution in [1.29, 1.82) is 15.8 Å². The highest BCUT2D eigenvalue weighted by Gasteiger charge is 2.37. The van der Waals surface area contributed by atoms with Gasteiger partial charge in [0.2, 0.25) is 0 Å². The second-order valence-electron chi connectivity index (χ2n) is 20.2. The monoisotopic (exact) mass is 1020 g/mol. The Labute approximate surface area is 455 Å². The van der Waals surface area contributed by atoms with Crippen LogP contribution < -0.4 is 16.7 Å². The number of aryl methyl sites for hydroxylation is 3. The molecule has 3 heterocycles. The zero-order chi connectivity index (χ0) is 54.1. The van der Waals surface area contributed by atoms with Crippen LogP contribution >= 0.6 is 0 Å². The zero-order valence-corrected chi connectivity index (χ0v) is 44.5. The second kappa shape index (κ2) is 25.3. The maximum atomic E-state index is 12.1. The number of nitrogens with zero attached hydrogens (tertiary/aromatic N) is 3. The quantitative estimate of drug-likeness (QED) is 0.110. The van der Waals surface area contributed by atoms with Crippen molar-refractivity contribution in [2.24, 2.45) is 0 Å². The first-order chi connectivity index (χ1) is 36.0. The van der Waals surface area contributed by atoms with Gasteiger partial charge in [-0.15, -0.1) is 0 Å². The third-order valence-corrected chi connectivity index (χ3v) is 15.9. The molecule has 77 heavy (non-hydrogen) atoms. The number of nitrogens with one attached hydrogen (secondary N) is 3. The summed E-state index contributed by atoms with van der Waals surface area (Å²) in [5, 5.41) is 32.9. The Bertz CT molecular complexity index is 3390. The number of aromatic nitrogens is 3. The van der Waals surface area contributed by atoms with Gasteiger partial charge in [-0.3, -0.25) is 14.4 Å². The van der Waals surface area contributed by atoms with Crippen molar-refractivity contribution in [1.82, 2.24) is 15.0 Å². The molecule has 0 aliphatic heterocycles. The molecule has 9 rings (SSSR count). The fourth-order valence-corrected chi connectivity index (χ4v) is 9.95. The van der Waals surface area contributed by atoms with Gasteiger partial charge in [-0.1, -0.05) is 184 Å². The number of pyridine rings is 3. The predicted octanol–water partition coefficient (Wildman–Crippen LogP) is 15.3. The van der Waals surface area contributed by atoms with E-state index in [2.05, 4.69) is 90.3 Å². The van der Waals surface area contributed by atoms with E-state index in [4.69, 9.17) is 0 Å². The van der Waals surface area contributed by atoms with Crippen LogP contribution in [0.5, 0.6) is 0 Å². The van der Waals surface area contributed by atoms with Crippen molar-refractivity contribution >= 4 is 32.7 Å². The smallest absolute Gasteiger partial charge is 0.251 e. The lowest BCUT2D eigenvalue weighted by atomic mass is 9.71. The highest BCUT2D eigenvalue weighted by molar-refractivity contribution is 5.82. The van der Waals surface area contributed by atoms with Crippen molar-refractivity contribution in [2.45, 2.75) is 130 Å². The molecule has 0 bridgehead atoms. The van der Waals surface area contributed by atoms with Crippen molar-refractivity contribution < 1.29 is 0 Å². The van der Waals surface area contributed by atoms with Crippen LogP contribution in [-0.4, -0.2) is 15.0 Å². The van der Waals surface area contributed by atoms with Gasteiger partial charge in [-0.25, -0.2) is 0 Å². The summed E-state index contributed by atoms with van der Waals surface area (Å²) in [5.74, 6) is 0.0772. The molecule has 6 atom stereocenters. The number of hydrogen-bond donors (Lipinski definition) is 3. The third kappa shape index (κ3) is 12.3. The molecule has 0 radical (unpaired) electrons. The van der Waals surface area contributed by atoms with Gasteiger partial charge in [0.1, 0.15) is 0 Å². The standard InChI is InChI=1S/3C22H22N2O.2CH4/c3*1-4-16-12-18-10-11-19(13-20(18)24-21(16)25)22(3,14-23)15(2)17-8-6-5-7-9-17;;/h3*5-13,15H,4H2,1-3H3,(H,24,25);2*1H4/t15-,22+;15-,22-;;;/m01.../s1. The summed E-state index contributed by atoms with van der Waals surface area (Å²) in [5.41, 5.74) is 8.58. The van der Waals surface area contributed by atoms with Crippen LogP contribution in [0.2, 0.25) is 0 Å². The second-order valence-corrected chi connectivity index (χ2v) is 20.2. The Morgan fingerprint density at radius 1 is 0.390 bits per heavy atom. The summed E-state index contributed by atoms with van der Waals surface area (Å²) in [6.07, 6.45) is 2.11. The molecule has 3 aromatic heterocycles. The van der Waals surface area contributed by atoms with Gasteiger partial charge in [-0.05, 0) is 126 Å². The van der Waals surface area contributed by atoms with E-state index in [1.807, 2.05) is 169 Å². The number of fused-ring (bicyclic) bond motifs is 3. The van der Waals surface area contributed by atoms with Crippen molar-refractivity contribution in [2.75, 3.05) is 0 Å². The molecule has 0 aliphatic carbocycles. The minimum Gasteiger partial charge on any atom is -0.322 e. The van der Waals surface area contributed by atoms with Crippen molar-refractivity contribution in [3.05, 3.63) is 245 Å². The van der Waals surface area contributed by atoms with Gasteiger partial charge < -0.3 is 15.0 Å². The molecule has 0 spiro atoms. The van der Waals surface area contributed by atoms with E-state index >= 15 is 0 Å². The number of rotatable bonds is 12. The molecular weight excluding hydrogens is 949 g/mol. The fraction of sp³-hybridized carbons (Fsp3) is 0.294. The van der Waals surface area contributed by atoms with Crippen LogP contribution in [-0.2, 0) is 35.5 Å². The molecule has 9 nitrogen and oxygen atoms in total. The highest BCUT2D eigenvalue weighted by Crippen LogP contribution is 2.42. The number of hydrogen-bond acceptors (Lipinski definition) is 6. The van der Waals surface area contributed by atoms with Gasteiger partial charge in [0, 0.05) is 51.0 Å². The lowest BCUT2D eigenvalue weighted by molar-refractivity contribution is 0.505. The van der Waals surface area contributed by atoms with E-state index in [9.17, 15) is 30.2 Å². The predicted molar refractivity (Wildman–Crippen MR) is 319 cm³/mol. The maximum Gasteiger partial charge on any atom is 0.251 e. The van der Waals surface area contributed by atoms with Crippen LogP contribution in [0.15, 0.2) is 178 Å². The molecule has 0 fully saturated rings. The van der Waals surface area contributed by atoms with Gasteiger partial charge >= 0.3 is 0 Å². The molecule has 0 amide bonds. The Hall–Kier alpha value is -8.58. The van der Waals surface area contributed by atoms with Crippen LogP contribution in [0, 0.1) is 34.0 Å². The average molecular weight is 1020 g/mol. The normalized spacial score (nSPS) is 14.3. The summed E-state index contributed by atoms with van der Waals surface area (Å²) < 4.78 is 0. The average Bonchev–Trinajstić information content (AvgIpc) is 3.47. The molecule has 6 aromatic carbocycles. The first kappa shape index (κ1) is 59.3. The maximum absolute atomic E-state index is 12.1. The van der Waals surface area contributed by atoms with Crippen molar-refractivity contribution in [3.63, 3.8) is 0 Å². The molecule has 0 saturated heterocycles. The Balaban J connectivity index is 0.000000210. The van der Waals surface area contributed by atoms with Gasteiger partial charge in [0.05, 0.1) is 34.5 Å². The summed E-state index contributed by atoms with van der Waals surface area (Å²) >= 11 is 0. The fourth-order valence-electron chi connectivity index (χ4n) is 9.95. The van der Waals surface area contributed by atoms with E-state index in [1.165, 1.54) is 0 Å². The van der Waals surface area contributed by atoms with E-state index in [0.29, 0.717) is 19.3 Å². The lowest BCUT2D eigenvalue weighted by Gasteiger charge is -2.30. The molecule has 3 N–H and O–H groups in total. The molecule has 0 saturated carbocycles. The van der Waals surface area contributed by atoms with E-state index in [1.54, 1.807) is 0 Å². The first-order valence-electron chi connectivity index (χ1n) is 25.9. The van der Waals surface area contributed by atoms with E-state index < -0.39 is 16.2 Å². The minimum atomic E-state index is -0.685.